The van der Waals surface area contributed by atoms with Crippen LogP contribution in [0.3, 0.4) is 0 Å². The zero-order valence-electron chi connectivity index (χ0n) is 21.0. The summed E-state index contributed by atoms with van der Waals surface area (Å²) >= 11 is 0. The first-order valence-corrected chi connectivity index (χ1v) is 14.3. The molecule has 1 heterocycles. The van der Waals surface area contributed by atoms with Gasteiger partial charge in [-0.2, -0.15) is 4.31 Å². The minimum atomic E-state index is -3.95. The average Bonchev–Trinajstić information content (AvgIpc) is 3.36. The van der Waals surface area contributed by atoms with E-state index in [1.807, 2.05) is 44.2 Å². The molecule has 3 N–H and O–H groups in total. The smallest absolute Gasteiger partial charge is 0.407 e. The zero-order chi connectivity index (χ0) is 26.8. The van der Waals surface area contributed by atoms with Crippen LogP contribution in [0.25, 0.3) is 0 Å². The van der Waals surface area contributed by atoms with Gasteiger partial charge in [0.15, 0.2) is 0 Å². The van der Waals surface area contributed by atoms with Crippen LogP contribution in [-0.2, 0) is 35.0 Å². The standard InChI is InChI=1S/C25H34N3O7PS/c1-18(2)15-28(37(31,32)22-10-8-20(26)9-11-22)16-24(35-36-30)23(14-19-6-4-3-5-7-19)27-25(29)34-21-12-13-33-17-21/h3-11,18,21,23-24H,12-17,26H2,1-2H3,(H,27,29). The van der Waals surface area contributed by atoms with Gasteiger partial charge in [0.25, 0.3) is 0 Å². The van der Waals surface area contributed by atoms with E-state index < -0.39 is 36.9 Å². The van der Waals surface area contributed by atoms with Crippen molar-refractivity contribution in [3.05, 3.63) is 60.2 Å². The third-order valence-corrected chi connectivity index (χ3v) is 8.06. The topological polar surface area (TPSA) is 137 Å². The number of hydrogen-bond acceptors (Lipinski definition) is 8. The summed E-state index contributed by atoms with van der Waals surface area (Å²) in [6, 6.07) is 14.5. The number of nitrogens with two attached hydrogens (primary N) is 1. The number of amides is 1. The molecule has 0 bridgehead atoms. The Kier molecular flexibility index (Phi) is 10.8. The lowest BCUT2D eigenvalue weighted by Crippen LogP contribution is -2.51. The second-order valence-corrected chi connectivity index (χ2v) is 11.6. The van der Waals surface area contributed by atoms with Gasteiger partial charge in [0, 0.05) is 25.2 Å². The van der Waals surface area contributed by atoms with Crippen molar-refractivity contribution < 1.29 is 31.8 Å². The SMILES string of the molecule is CC(C)CN(CC(OP=O)C(Cc1ccccc1)NC(=O)OC1CCOC1)S(=O)(=O)c1ccc(N)cc1. The second-order valence-electron chi connectivity index (χ2n) is 9.33. The Bertz CT molecular complexity index is 1110. The number of anilines is 1. The first-order valence-electron chi connectivity index (χ1n) is 12.1. The third-order valence-electron chi connectivity index (χ3n) is 5.86. The van der Waals surface area contributed by atoms with Gasteiger partial charge in [0.05, 0.1) is 24.2 Å². The Balaban J connectivity index is 1.88. The molecule has 1 aliphatic heterocycles. The highest BCUT2D eigenvalue weighted by molar-refractivity contribution is 7.89. The highest BCUT2D eigenvalue weighted by Gasteiger charge is 2.34. The molecule has 3 atom stereocenters. The highest BCUT2D eigenvalue weighted by Crippen LogP contribution is 2.23. The van der Waals surface area contributed by atoms with Crippen molar-refractivity contribution in [2.24, 2.45) is 5.92 Å². The lowest BCUT2D eigenvalue weighted by atomic mass is 10.0. The average molecular weight is 552 g/mol. The monoisotopic (exact) mass is 551 g/mol. The maximum atomic E-state index is 13.6. The molecule has 12 heteroatoms. The van der Waals surface area contributed by atoms with Gasteiger partial charge in [-0.3, -0.25) is 4.52 Å². The minimum Gasteiger partial charge on any atom is -0.444 e. The van der Waals surface area contributed by atoms with Gasteiger partial charge in [0.1, 0.15) is 12.2 Å². The molecule has 0 saturated carbocycles. The van der Waals surface area contributed by atoms with Crippen LogP contribution in [0.15, 0.2) is 59.5 Å². The van der Waals surface area contributed by atoms with E-state index in [1.165, 1.54) is 28.6 Å². The fourth-order valence-corrected chi connectivity index (χ4v) is 5.98. The molecular formula is C25H34N3O7PS. The molecule has 3 rings (SSSR count). The first kappa shape index (κ1) is 29.0. The molecule has 2 aromatic rings. The maximum absolute atomic E-state index is 13.6. The molecule has 1 saturated heterocycles. The summed E-state index contributed by atoms with van der Waals surface area (Å²) < 4.78 is 56.3. The third kappa shape index (κ3) is 8.76. The van der Waals surface area contributed by atoms with Crippen molar-refractivity contribution in [2.45, 2.75) is 49.8 Å². The molecule has 37 heavy (non-hydrogen) atoms. The van der Waals surface area contributed by atoms with Crippen molar-refractivity contribution in [2.75, 3.05) is 32.0 Å². The normalized spacial score (nSPS) is 17.7. The van der Waals surface area contributed by atoms with Gasteiger partial charge in [0.2, 0.25) is 10.0 Å². The number of carbonyl (C=O) groups excluding carboxylic acids is 1. The molecule has 0 radical (unpaired) electrons. The van der Waals surface area contributed by atoms with E-state index >= 15 is 0 Å². The van der Waals surface area contributed by atoms with Crippen LogP contribution in [0.4, 0.5) is 10.5 Å². The predicted molar refractivity (Wildman–Crippen MR) is 140 cm³/mol. The molecule has 2 aromatic carbocycles. The molecule has 1 aliphatic rings. The Labute approximate surface area is 219 Å². The molecule has 3 unspecified atom stereocenters. The summed E-state index contributed by atoms with van der Waals surface area (Å²) in [6.07, 6.45) is -1.09. The summed E-state index contributed by atoms with van der Waals surface area (Å²) in [5, 5.41) is 2.81. The maximum Gasteiger partial charge on any atom is 0.407 e. The number of ether oxygens (including phenoxy) is 2. The molecule has 0 spiro atoms. The number of rotatable bonds is 13. The van der Waals surface area contributed by atoms with Crippen molar-refractivity contribution in [1.29, 1.82) is 0 Å². The van der Waals surface area contributed by atoms with Gasteiger partial charge < -0.3 is 20.5 Å². The summed E-state index contributed by atoms with van der Waals surface area (Å²) in [7, 11) is -4.59. The lowest BCUT2D eigenvalue weighted by molar-refractivity contribution is 0.0716. The predicted octanol–water partition coefficient (Wildman–Crippen LogP) is 3.63. The number of benzene rings is 2. The minimum absolute atomic E-state index is 0.0122. The van der Waals surface area contributed by atoms with Crippen LogP contribution in [0.5, 0.6) is 0 Å². The largest absolute Gasteiger partial charge is 0.444 e. The van der Waals surface area contributed by atoms with E-state index in [2.05, 4.69) is 5.32 Å². The van der Waals surface area contributed by atoms with Crippen molar-refractivity contribution in [1.82, 2.24) is 9.62 Å². The van der Waals surface area contributed by atoms with Crippen molar-refractivity contribution in [3.8, 4) is 0 Å². The number of nitrogens with zero attached hydrogens (tertiary/aromatic N) is 1. The van der Waals surface area contributed by atoms with Gasteiger partial charge in [-0.05, 0) is 42.2 Å². The van der Waals surface area contributed by atoms with Crippen LogP contribution in [0.2, 0.25) is 0 Å². The summed E-state index contributed by atoms with van der Waals surface area (Å²) in [6.45, 7) is 4.66. The molecule has 202 valence electrons. The first-order chi connectivity index (χ1) is 17.7. The summed E-state index contributed by atoms with van der Waals surface area (Å²) in [4.78, 5) is 12.8. The van der Waals surface area contributed by atoms with E-state index in [1.54, 1.807) is 0 Å². The molecule has 0 aliphatic carbocycles. The van der Waals surface area contributed by atoms with Crippen molar-refractivity contribution >= 4 is 30.5 Å². The molecule has 1 amide bonds. The summed E-state index contributed by atoms with van der Waals surface area (Å²) in [5.74, 6) is -0.0122. The van der Waals surface area contributed by atoms with Crippen molar-refractivity contribution in [3.63, 3.8) is 0 Å². The highest BCUT2D eigenvalue weighted by atomic mass is 32.2. The fraction of sp³-hybridized carbons (Fsp3) is 0.480. The Hall–Kier alpha value is -2.56. The Morgan fingerprint density at radius 1 is 1.16 bits per heavy atom. The van der Waals surface area contributed by atoms with Gasteiger partial charge in [-0.1, -0.05) is 44.2 Å². The Morgan fingerprint density at radius 2 is 1.86 bits per heavy atom. The number of carbonyl (C=O) groups is 1. The van der Waals surface area contributed by atoms with Gasteiger partial charge in [-0.15, -0.1) is 0 Å². The van der Waals surface area contributed by atoms with Crippen LogP contribution < -0.4 is 11.1 Å². The van der Waals surface area contributed by atoms with E-state index in [-0.39, 0.29) is 30.0 Å². The fourth-order valence-electron chi connectivity index (χ4n) is 4.04. The van der Waals surface area contributed by atoms with E-state index in [9.17, 15) is 17.8 Å². The number of sulfonamides is 1. The second kappa shape index (κ2) is 13.8. The molecule has 1 fully saturated rings. The molecule has 10 nitrogen and oxygen atoms in total. The van der Waals surface area contributed by atoms with Crippen LogP contribution in [0.1, 0.15) is 25.8 Å². The number of nitrogens with one attached hydrogen (secondary N) is 1. The van der Waals surface area contributed by atoms with Crippen LogP contribution in [0, 0.1) is 5.92 Å². The lowest BCUT2D eigenvalue weighted by Gasteiger charge is -2.32. The summed E-state index contributed by atoms with van der Waals surface area (Å²) in [5.41, 5.74) is 7.06. The van der Waals surface area contributed by atoms with Crippen LogP contribution >= 0.6 is 8.69 Å². The molecular weight excluding hydrogens is 517 g/mol. The van der Waals surface area contributed by atoms with Gasteiger partial charge in [-0.25, -0.2) is 17.8 Å². The van der Waals surface area contributed by atoms with E-state index in [4.69, 9.17) is 19.7 Å². The number of alkyl carbamates (subject to hydrolysis) is 1. The van der Waals surface area contributed by atoms with E-state index in [0.717, 1.165) is 5.56 Å². The van der Waals surface area contributed by atoms with E-state index in [0.29, 0.717) is 31.7 Å². The Morgan fingerprint density at radius 3 is 2.46 bits per heavy atom. The van der Waals surface area contributed by atoms with Crippen LogP contribution in [-0.4, -0.2) is 63.4 Å². The zero-order valence-corrected chi connectivity index (χ0v) is 22.7. The quantitative estimate of drug-likeness (QED) is 0.284. The number of nitrogen functional groups attached to an aromatic ring is 1. The van der Waals surface area contributed by atoms with Gasteiger partial charge >= 0.3 is 14.8 Å². The molecule has 0 aromatic heterocycles. The number of hydrogen-bond donors (Lipinski definition) is 2.